The minimum Gasteiger partial charge on any atom is -0.350 e. The molecule has 0 aromatic carbocycles. The fourth-order valence-corrected chi connectivity index (χ4v) is 1.07. The van der Waals surface area contributed by atoms with E-state index in [1.807, 2.05) is 13.8 Å². The van der Waals surface area contributed by atoms with Crippen molar-refractivity contribution in [3.63, 3.8) is 0 Å². The molecule has 3 nitrogen and oxygen atoms in total. The molecule has 0 aliphatic heterocycles. The van der Waals surface area contributed by atoms with Gasteiger partial charge in [0.05, 0.1) is 6.04 Å². The van der Waals surface area contributed by atoms with Gasteiger partial charge in [-0.2, -0.15) is 0 Å². The highest BCUT2D eigenvalue weighted by molar-refractivity contribution is 5.82. The zero-order valence-electron chi connectivity index (χ0n) is 9.89. The number of nitrogens with one attached hydrogen (secondary N) is 1. The lowest BCUT2D eigenvalue weighted by Gasteiger charge is -2.26. The summed E-state index contributed by atoms with van der Waals surface area (Å²) in [5.41, 5.74) is 5.62. The van der Waals surface area contributed by atoms with E-state index in [4.69, 9.17) is 5.73 Å². The van der Waals surface area contributed by atoms with E-state index >= 15 is 0 Å². The average molecular weight is 200 g/mol. The summed E-state index contributed by atoms with van der Waals surface area (Å²) in [5.74, 6) is -0.0229. The molecule has 0 radical (unpaired) electrons. The Bertz CT molecular complexity index is 178. The number of carbonyl (C=O) groups is 1. The molecule has 0 aliphatic carbocycles. The van der Waals surface area contributed by atoms with Gasteiger partial charge in [0.1, 0.15) is 0 Å². The number of rotatable bonds is 6. The number of hydrogen-bond acceptors (Lipinski definition) is 2. The lowest BCUT2D eigenvalue weighted by Crippen LogP contribution is -2.50. The number of unbranched alkanes of at least 4 members (excludes halogenated alkanes) is 1. The minimum atomic E-state index is -0.347. The molecule has 0 bridgehead atoms. The molecule has 0 aliphatic rings. The molecule has 0 saturated heterocycles. The van der Waals surface area contributed by atoms with Crippen molar-refractivity contribution in [2.24, 2.45) is 5.73 Å². The molecule has 0 fully saturated rings. The minimum absolute atomic E-state index is 0.0229. The van der Waals surface area contributed by atoms with E-state index in [2.05, 4.69) is 19.2 Å². The lowest BCUT2D eigenvalue weighted by atomic mass is 10.0. The summed E-state index contributed by atoms with van der Waals surface area (Å²) in [6.07, 6.45) is 3.79. The van der Waals surface area contributed by atoms with Gasteiger partial charge >= 0.3 is 0 Å². The molecular formula is C11H24N2O. The van der Waals surface area contributed by atoms with E-state index in [1.165, 1.54) is 0 Å². The van der Waals surface area contributed by atoms with Crippen LogP contribution in [0, 0.1) is 0 Å². The zero-order chi connectivity index (χ0) is 11.2. The number of hydrogen-bond donors (Lipinski definition) is 2. The molecule has 1 amide bonds. The van der Waals surface area contributed by atoms with E-state index in [9.17, 15) is 4.79 Å². The van der Waals surface area contributed by atoms with Gasteiger partial charge in [0, 0.05) is 5.54 Å². The topological polar surface area (TPSA) is 55.1 Å². The van der Waals surface area contributed by atoms with Crippen molar-refractivity contribution in [2.75, 3.05) is 0 Å². The summed E-state index contributed by atoms with van der Waals surface area (Å²) >= 11 is 0. The maximum absolute atomic E-state index is 11.6. The average Bonchev–Trinajstić information content (AvgIpc) is 2.13. The fourth-order valence-electron chi connectivity index (χ4n) is 1.07. The molecule has 3 heteroatoms. The summed E-state index contributed by atoms with van der Waals surface area (Å²) in [7, 11) is 0. The van der Waals surface area contributed by atoms with Crippen molar-refractivity contribution in [3.05, 3.63) is 0 Å². The third-order valence-electron chi connectivity index (χ3n) is 2.55. The second kappa shape index (κ2) is 6.02. The van der Waals surface area contributed by atoms with Crippen molar-refractivity contribution in [1.82, 2.24) is 5.32 Å². The van der Waals surface area contributed by atoms with E-state index in [-0.39, 0.29) is 17.5 Å². The normalized spacial score (nSPS) is 13.8. The smallest absolute Gasteiger partial charge is 0.237 e. The second-order valence-corrected chi connectivity index (χ2v) is 4.48. The highest BCUT2D eigenvalue weighted by atomic mass is 16.2. The van der Waals surface area contributed by atoms with Crippen LogP contribution in [0.2, 0.25) is 0 Å². The van der Waals surface area contributed by atoms with Gasteiger partial charge in [0.25, 0.3) is 0 Å². The molecular weight excluding hydrogens is 176 g/mol. The Labute approximate surface area is 87.4 Å². The molecule has 0 spiro atoms. The van der Waals surface area contributed by atoms with Gasteiger partial charge in [-0.1, -0.05) is 26.7 Å². The molecule has 0 unspecified atom stereocenters. The summed E-state index contributed by atoms with van der Waals surface area (Å²) < 4.78 is 0. The molecule has 0 aromatic heterocycles. The summed E-state index contributed by atoms with van der Waals surface area (Å²) in [4.78, 5) is 11.6. The van der Waals surface area contributed by atoms with Crippen LogP contribution < -0.4 is 11.1 Å². The molecule has 84 valence electrons. The predicted octanol–water partition coefficient (Wildman–Crippen LogP) is 1.81. The predicted molar refractivity (Wildman–Crippen MR) is 60.0 cm³/mol. The van der Waals surface area contributed by atoms with Gasteiger partial charge in [-0.3, -0.25) is 4.79 Å². The monoisotopic (exact) mass is 200 g/mol. The van der Waals surface area contributed by atoms with Crippen LogP contribution in [0.25, 0.3) is 0 Å². The van der Waals surface area contributed by atoms with Gasteiger partial charge in [0.15, 0.2) is 0 Å². The van der Waals surface area contributed by atoms with Crippen molar-refractivity contribution in [2.45, 2.75) is 65.0 Å². The molecule has 3 N–H and O–H groups in total. The van der Waals surface area contributed by atoms with Gasteiger partial charge in [-0.05, 0) is 26.7 Å². The Morgan fingerprint density at radius 2 is 2.00 bits per heavy atom. The second-order valence-electron chi connectivity index (χ2n) is 4.48. The first kappa shape index (κ1) is 13.4. The fraction of sp³-hybridized carbons (Fsp3) is 0.909. The first-order valence-corrected chi connectivity index (χ1v) is 5.50. The number of nitrogens with two attached hydrogens (primary N) is 1. The van der Waals surface area contributed by atoms with E-state index in [0.717, 1.165) is 25.7 Å². The lowest BCUT2D eigenvalue weighted by molar-refractivity contribution is -0.124. The van der Waals surface area contributed by atoms with Crippen LogP contribution in [0.3, 0.4) is 0 Å². The molecule has 1 atom stereocenters. The molecule has 0 aromatic rings. The standard InChI is InChI=1S/C11H24N2O/c1-5-7-8-9(12)10(14)13-11(3,4)6-2/h9H,5-8,12H2,1-4H3,(H,13,14)/t9-/m0/s1. The third-order valence-corrected chi connectivity index (χ3v) is 2.55. The van der Waals surface area contributed by atoms with Crippen LogP contribution in [0.4, 0.5) is 0 Å². The van der Waals surface area contributed by atoms with Crippen LogP contribution in [-0.2, 0) is 4.79 Å². The van der Waals surface area contributed by atoms with Crippen LogP contribution in [0.5, 0.6) is 0 Å². The Morgan fingerprint density at radius 1 is 1.43 bits per heavy atom. The molecule has 0 heterocycles. The molecule has 0 rings (SSSR count). The molecule has 0 saturated carbocycles. The first-order chi connectivity index (χ1) is 6.43. The van der Waals surface area contributed by atoms with Gasteiger partial charge < -0.3 is 11.1 Å². The van der Waals surface area contributed by atoms with Crippen molar-refractivity contribution < 1.29 is 4.79 Å². The highest BCUT2D eigenvalue weighted by Crippen LogP contribution is 2.08. The Hall–Kier alpha value is -0.570. The van der Waals surface area contributed by atoms with E-state index in [0.29, 0.717) is 0 Å². The maximum atomic E-state index is 11.6. The van der Waals surface area contributed by atoms with Crippen molar-refractivity contribution >= 4 is 5.91 Å². The largest absolute Gasteiger partial charge is 0.350 e. The third kappa shape index (κ3) is 5.22. The van der Waals surface area contributed by atoms with Gasteiger partial charge in [0.2, 0.25) is 5.91 Å². The SMILES string of the molecule is CCCC[C@H](N)C(=O)NC(C)(C)CC. The van der Waals surface area contributed by atoms with Crippen LogP contribution in [-0.4, -0.2) is 17.5 Å². The Balaban J connectivity index is 3.95. The zero-order valence-corrected chi connectivity index (χ0v) is 9.89. The van der Waals surface area contributed by atoms with Crippen LogP contribution in [0.15, 0.2) is 0 Å². The van der Waals surface area contributed by atoms with Gasteiger partial charge in [-0.25, -0.2) is 0 Å². The van der Waals surface area contributed by atoms with Crippen LogP contribution >= 0.6 is 0 Å². The van der Waals surface area contributed by atoms with E-state index in [1.54, 1.807) is 0 Å². The van der Waals surface area contributed by atoms with Crippen molar-refractivity contribution in [3.8, 4) is 0 Å². The Kier molecular flexibility index (Phi) is 5.77. The summed E-state index contributed by atoms with van der Waals surface area (Å²) in [6.45, 7) is 8.17. The summed E-state index contributed by atoms with van der Waals surface area (Å²) in [6, 6.07) is -0.347. The quantitative estimate of drug-likeness (QED) is 0.687. The first-order valence-electron chi connectivity index (χ1n) is 5.50. The summed E-state index contributed by atoms with van der Waals surface area (Å²) in [5, 5.41) is 2.95. The number of amides is 1. The highest BCUT2D eigenvalue weighted by Gasteiger charge is 2.21. The van der Waals surface area contributed by atoms with Gasteiger partial charge in [-0.15, -0.1) is 0 Å². The van der Waals surface area contributed by atoms with E-state index < -0.39 is 0 Å². The Morgan fingerprint density at radius 3 is 2.43 bits per heavy atom. The van der Waals surface area contributed by atoms with Crippen molar-refractivity contribution in [1.29, 1.82) is 0 Å². The molecule has 14 heavy (non-hydrogen) atoms. The maximum Gasteiger partial charge on any atom is 0.237 e. The number of carbonyl (C=O) groups excluding carboxylic acids is 1. The van der Waals surface area contributed by atoms with Crippen LogP contribution in [0.1, 0.15) is 53.4 Å².